The van der Waals surface area contributed by atoms with Crippen LogP contribution in [-0.4, -0.2) is 21.2 Å². The fourth-order valence-electron chi connectivity index (χ4n) is 0.283. The molecule has 0 unspecified atom stereocenters. The number of rotatable bonds is 1. The third kappa shape index (κ3) is 5.92. The zero-order valence-corrected chi connectivity index (χ0v) is 4.05. The van der Waals surface area contributed by atoms with E-state index < -0.39 is 13.4 Å². The van der Waals surface area contributed by atoms with Gasteiger partial charge in [0.2, 0.25) is 7.28 Å². The Kier molecular flexibility index (Phi) is 2.26. The van der Waals surface area contributed by atoms with Crippen LogP contribution in [0.3, 0.4) is 0 Å². The summed E-state index contributed by atoms with van der Waals surface area (Å²) in [6, 6.07) is 0. The Hall–Kier alpha value is -0.0801. The van der Waals surface area contributed by atoms with Crippen LogP contribution in [0.4, 0.5) is 13.2 Å². The summed E-state index contributed by atoms with van der Waals surface area (Å²) in [5.74, 6) is 0. The van der Waals surface area contributed by atoms with Gasteiger partial charge in [-0.05, 0) is 0 Å². The van der Waals surface area contributed by atoms with Crippen LogP contribution in [0.25, 0.3) is 0 Å². The maximum atomic E-state index is 11.1. The second-order valence-electron chi connectivity index (χ2n) is 1.37. The number of alkyl halides is 3. The van der Waals surface area contributed by atoms with Crippen molar-refractivity contribution >= 4 is 15.1 Å². The third-order valence-electron chi connectivity index (χ3n) is 0.533. The smallest absolute Gasteiger partial charge is 0.182 e. The molecule has 0 aromatic carbocycles. The van der Waals surface area contributed by atoms with Crippen molar-refractivity contribution in [2.24, 2.45) is 0 Å². The first-order valence-corrected chi connectivity index (χ1v) is 2.13. The molecule has 0 atom stereocenters. The Morgan fingerprint density at radius 2 is 1.86 bits per heavy atom. The molecule has 0 heterocycles. The van der Waals surface area contributed by atoms with E-state index >= 15 is 0 Å². The molecule has 0 N–H and O–H groups in total. The van der Waals surface area contributed by atoms with Crippen molar-refractivity contribution in [3.63, 3.8) is 0 Å². The van der Waals surface area contributed by atoms with E-state index in [2.05, 4.69) is 0 Å². The Morgan fingerprint density at radius 1 is 1.43 bits per heavy atom. The molecule has 0 spiro atoms. The highest BCUT2D eigenvalue weighted by Crippen LogP contribution is 2.12. The first kappa shape index (κ1) is 6.92. The first-order valence-electron chi connectivity index (χ1n) is 2.13. The molecular formula is C2H5B2F3. The summed E-state index contributed by atoms with van der Waals surface area (Å²) < 4.78 is 33.2. The SMILES string of the molecule is BCBC(F)(F)F. The molecule has 0 aromatic rings. The minimum atomic E-state index is -3.95. The van der Waals surface area contributed by atoms with Crippen LogP contribution in [0.5, 0.6) is 0 Å². The van der Waals surface area contributed by atoms with E-state index in [0.29, 0.717) is 0 Å². The van der Waals surface area contributed by atoms with Crippen molar-refractivity contribution in [2.45, 2.75) is 12.3 Å². The predicted octanol–water partition coefficient (Wildman–Crippen LogP) is -0.0484. The highest BCUT2D eigenvalue weighted by atomic mass is 19.4. The van der Waals surface area contributed by atoms with E-state index in [4.69, 9.17) is 0 Å². The average Bonchev–Trinajstić information content (AvgIpc) is 1.30. The van der Waals surface area contributed by atoms with Crippen molar-refractivity contribution in [2.75, 3.05) is 0 Å². The molecule has 0 saturated carbocycles. The van der Waals surface area contributed by atoms with Crippen LogP contribution in [-0.2, 0) is 0 Å². The summed E-state index contributed by atoms with van der Waals surface area (Å²) >= 11 is 0. The summed E-state index contributed by atoms with van der Waals surface area (Å²) in [5.41, 5.74) is 0. The lowest BCUT2D eigenvalue weighted by Gasteiger charge is -1.98. The van der Waals surface area contributed by atoms with E-state index in [-0.39, 0.29) is 6.22 Å². The van der Waals surface area contributed by atoms with Gasteiger partial charge in [-0.1, -0.05) is 6.22 Å². The average molecular weight is 108 g/mol. The van der Waals surface area contributed by atoms with E-state index in [0.717, 1.165) is 0 Å². The Bertz CT molecular complexity index is 49.4. The molecular weight excluding hydrogens is 103 g/mol. The number of hydrogen-bond donors (Lipinski definition) is 0. The van der Waals surface area contributed by atoms with Crippen LogP contribution in [0.1, 0.15) is 0 Å². The fourth-order valence-corrected chi connectivity index (χ4v) is 0.283. The molecule has 0 aliphatic heterocycles. The first-order chi connectivity index (χ1) is 3.06. The molecule has 0 fully saturated rings. The molecule has 0 rings (SSSR count). The molecule has 0 bridgehead atoms. The largest absolute Gasteiger partial charge is 0.340 e. The van der Waals surface area contributed by atoms with Crippen LogP contribution in [0.2, 0.25) is 6.22 Å². The molecule has 0 aromatic heterocycles. The lowest BCUT2D eigenvalue weighted by Crippen LogP contribution is -2.17. The van der Waals surface area contributed by atoms with Crippen molar-refractivity contribution in [1.82, 2.24) is 0 Å². The summed E-state index contributed by atoms with van der Waals surface area (Å²) in [6.45, 7) is 0. The summed E-state index contributed by atoms with van der Waals surface area (Å²) in [5, 5.41) is 0. The second-order valence-corrected chi connectivity index (χ2v) is 1.37. The van der Waals surface area contributed by atoms with Crippen LogP contribution < -0.4 is 0 Å². The van der Waals surface area contributed by atoms with E-state index in [1.165, 1.54) is 7.85 Å². The monoisotopic (exact) mass is 108 g/mol. The molecule has 0 saturated heterocycles. The zero-order chi connectivity index (χ0) is 5.91. The number of hydrogen-bond acceptors (Lipinski definition) is 0. The van der Waals surface area contributed by atoms with Crippen molar-refractivity contribution in [1.29, 1.82) is 0 Å². The predicted molar refractivity (Wildman–Crippen MR) is 26.6 cm³/mol. The highest BCUT2D eigenvalue weighted by molar-refractivity contribution is 6.48. The molecule has 5 heteroatoms. The Morgan fingerprint density at radius 3 is 1.86 bits per heavy atom. The van der Waals surface area contributed by atoms with Gasteiger partial charge >= 0.3 is 6.08 Å². The summed E-state index contributed by atoms with van der Waals surface area (Å²) in [7, 11) is 0.848. The number of halogens is 3. The van der Waals surface area contributed by atoms with Crippen molar-refractivity contribution < 1.29 is 13.2 Å². The maximum Gasteiger partial charge on any atom is 0.340 e. The van der Waals surface area contributed by atoms with Gasteiger partial charge in [0.05, 0.1) is 7.85 Å². The standard InChI is InChI=1S/C2H5B2F3/c3-1-4-2(5,6)7/h4H,1,3H2. The lowest BCUT2D eigenvalue weighted by atomic mass is 9.65. The Balaban J connectivity index is 3.15. The van der Waals surface area contributed by atoms with E-state index in [1.807, 2.05) is 0 Å². The van der Waals surface area contributed by atoms with E-state index in [9.17, 15) is 13.2 Å². The van der Waals surface area contributed by atoms with Gasteiger partial charge < -0.3 is 0 Å². The lowest BCUT2D eigenvalue weighted by molar-refractivity contribution is -0.0467. The summed E-state index contributed by atoms with van der Waals surface area (Å²) in [6.07, 6.45) is -3.77. The van der Waals surface area contributed by atoms with Gasteiger partial charge in [-0.3, -0.25) is 0 Å². The minimum absolute atomic E-state index is 0.184. The van der Waals surface area contributed by atoms with E-state index in [1.54, 1.807) is 0 Å². The van der Waals surface area contributed by atoms with Crippen LogP contribution in [0, 0.1) is 0 Å². The zero-order valence-electron chi connectivity index (χ0n) is 4.05. The van der Waals surface area contributed by atoms with Crippen LogP contribution in [0.15, 0.2) is 0 Å². The van der Waals surface area contributed by atoms with Crippen molar-refractivity contribution in [3.8, 4) is 0 Å². The molecule has 0 nitrogen and oxygen atoms in total. The summed E-state index contributed by atoms with van der Waals surface area (Å²) in [4.78, 5) is 0. The Labute approximate surface area is 41.7 Å². The quantitative estimate of drug-likeness (QED) is 0.413. The minimum Gasteiger partial charge on any atom is -0.182 e. The molecule has 0 amide bonds. The van der Waals surface area contributed by atoms with Gasteiger partial charge in [0.25, 0.3) is 0 Å². The fraction of sp³-hybridized carbons (Fsp3) is 1.00. The molecule has 40 valence electrons. The highest BCUT2D eigenvalue weighted by Gasteiger charge is 2.25. The van der Waals surface area contributed by atoms with Crippen molar-refractivity contribution in [3.05, 3.63) is 0 Å². The van der Waals surface area contributed by atoms with Gasteiger partial charge in [0.1, 0.15) is 0 Å². The molecule has 0 aliphatic rings. The normalized spacial score (nSPS) is 11.3. The molecule has 0 radical (unpaired) electrons. The van der Waals surface area contributed by atoms with Gasteiger partial charge in [-0.15, -0.1) is 0 Å². The van der Waals surface area contributed by atoms with Gasteiger partial charge in [-0.25, -0.2) is 0 Å². The van der Waals surface area contributed by atoms with Crippen LogP contribution >= 0.6 is 0 Å². The maximum absolute atomic E-state index is 11.1. The van der Waals surface area contributed by atoms with Gasteiger partial charge in [0, 0.05) is 0 Å². The molecule has 7 heavy (non-hydrogen) atoms. The van der Waals surface area contributed by atoms with Gasteiger partial charge in [-0.2, -0.15) is 13.2 Å². The second kappa shape index (κ2) is 2.28. The third-order valence-corrected chi connectivity index (χ3v) is 0.533. The van der Waals surface area contributed by atoms with Gasteiger partial charge in [0.15, 0.2) is 0 Å². The topological polar surface area (TPSA) is 0 Å². The molecule has 0 aliphatic carbocycles.